The van der Waals surface area contributed by atoms with Crippen LogP contribution in [0.5, 0.6) is 0 Å². The molecule has 0 radical (unpaired) electrons. The van der Waals surface area contributed by atoms with Crippen LogP contribution >= 0.6 is 15.9 Å². The molecule has 0 aliphatic heterocycles. The molecule has 4 nitrogen and oxygen atoms in total. The highest BCUT2D eigenvalue weighted by Gasteiger charge is 2.41. The van der Waals surface area contributed by atoms with E-state index in [4.69, 9.17) is 0 Å². The van der Waals surface area contributed by atoms with Crippen molar-refractivity contribution in [2.24, 2.45) is 0 Å². The van der Waals surface area contributed by atoms with E-state index < -0.39 is 10.5 Å². The minimum absolute atomic E-state index is 0.0738. The summed E-state index contributed by atoms with van der Waals surface area (Å²) >= 11 is 3.19. The van der Waals surface area contributed by atoms with Crippen LogP contribution in [0, 0.1) is 10.1 Å². The maximum absolute atomic E-state index is 10.8. The molecule has 1 aliphatic carbocycles. The fourth-order valence-corrected chi connectivity index (χ4v) is 1.88. The Balaban J connectivity index is 2.32. The van der Waals surface area contributed by atoms with Crippen molar-refractivity contribution in [1.82, 2.24) is 0 Å². The molecule has 0 heterocycles. The van der Waals surface area contributed by atoms with Crippen LogP contribution < -0.4 is 0 Å². The zero-order valence-electron chi connectivity index (χ0n) is 7.94. The highest BCUT2D eigenvalue weighted by atomic mass is 79.9. The Labute approximate surface area is 95.2 Å². The average Bonchev–Trinajstić information content (AvgIpc) is 2.87. The van der Waals surface area contributed by atoms with Crippen molar-refractivity contribution in [2.75, 3.05) is 0 Å². The van der Waals surface area contributed by atoms with E-state index in [1.807, 2.05) is 0 Å². The van der Waals surface area contributed by atoms with Gasteiger partial charge in [0.2, 0.25) is 0 Å². The van der Waals surface area contributed by atoms with Gasteiger partial charge in [-0.15, -0.1) is 0 Å². The van der Waals surface area contributed by atoms with Crippen LogP contribution in [0.1, 0.15) is 18.4 Å². The highest BCUT2D eigenvalue weighted by Crippen LogP contribution is 2.40. The number of nitrogens with zero attached hydrogens (tertiary/aromatic N) is 1. The molecule has 0 atom stereocenters. The van der Waals surface area contributed by atoms with E-state index in [1.54, 1.807) is 12.1 Å². The van der Waals surface area contributed by atoms with Gasteiger partial charge in [-0.25, -0.2) is 0 Å². The van der Waals surface area contributed by atoms with Gasteiger partial charge in [0.05, 0.1) is 10.5 Å². The lowest BCUT2D eigenvalue weighted by atomic mass is 10.0. The average molecular weight is 272 g/mol. The van der Waals surface area contributed by atoms with Crippen LogP contribution in [-0.4, -0.2) is 15.6 Å². The molecule has 5 heteroatoms. The molecule has 80 valence electrons. The van der Waals surface area contributed by atoms with Crippen LogP contribution in [-0.2, 0) is 6.42 Å². The van der Waals surface area contributed by atoms with Crippen molar-refractivity contribution in [1.29, 1.82) is 0 Å². The molecular weight excluding hydrogens is 262 g/mol. The van der Waals surface area contributed by atoms with Crippen molar-refractivity contribution >= 4 is 21.6 Å². The number of nitro benzene ring substituents is 1. The normalized spacial score (nSPS) is 17.5. The van der Waals surface area contributed by atoms with Gasteiger partial charge in [-0.1, -0.05) is 22.0 Å². The third kappa shape index (κ3) is 2.35. The number of halogens is 1. The number of benzene rings is 1. The second-order valence-electron chi connectivity index (χ2n) is 3.93. The molecule has 15 heavy (non-hydrogen) atoms. The zero-order chi connectivity index (χ0) is 11.1. The predicted molar refractivity (Wildman–Crippen MR) is 58.7 cm³/mol. The Hall–Kier alpha value is -0.940. The van der Waals surface area contributed by atoms with Crippen LogP contribution in [0.4, 0.5) is 5.69 Å². The lowest BCUT2D eigenvalue weighted by molar-refractivity contribution is -0.385. The smallest absolute Gasteiger partial charge is 0.273 e. The predicted octanol–water partition coefficient (Wildman–Crippen LogP) is 2.42. The van der Waals surface area contributed by atoms with Crippen LogP contribution in [0.15, 0.2) is 22.7 Å². The Kier molecular flexibility index (Phi) is 2.52. The summed E-state index contributed by atoms with van der Waals surface area (Å²) in [5.41, 5.74) is -0.0219. The standard InChI is InChI=1S/C10H10BrNO3/c11-8-2-1-7(6-10(13)3-4-10)9(5-8)12(14)15/h1-2,5,13H,3-4,6H2. The van der Waals surface area contributed by atoms with E-state index in [0.717, 1.165) is 12.8 Å². The molecule has 1 fully saturated rings. The number of rotatable bonds is 3. The summed E-state index contributed by atoms with van der Waals surface area (Å²) in [6.07, 6.45) is 1.84. The molecule has 0 unspecified atom stereocenters. The van der Waals surface area contributed by atoms with Crippen LogP contribution in [0.2, 0.25) is 0 Å². The van der Waals surface area contributed by atoms with E-state index in [-0.39, 0.29) is 5.69 Å². The van der Waals surface area contributed by atoms with Crippen molar-refractivity contribution in [3.8, 4) is 0 Å². The lowest BCUT2D eigenvalue weighted by Crippen LogP contribution is -2.12. The molecule has 2 rings (SSSR count). The maximum Gasteiger partial charge on any atom is 0.273 e. The second-order valence-corrected chi connectivity index (χ2v) is 4.85. The van der Waals surface area contributed by atoms with E-state index >= 15 is 0 Å². The van der Waals surface area contributed by atoms with E-state index in [9.17, 15) is 15.2 Å². The molecule has 1 saturated carbocycles. The molecule has 1 N–H and O–H groups in total. The Morgan fingerprint density at radius 1 is 1.53 bits per heavy atom. The van der Waals surface area contributed by atoms with E-state index in [1.165, 1.54) is 6.07 Å². The molecule has 1 aromatic rings. The first kappa shape index (κ1) is 10.6. The molecule has 1 aromatic carbocycles. The minimum Gasteiger partial charge on any atom is -0.390 e. The van der Waals surface area contributed by atoms with Gasteiger partial charge in [0, 0.05) is 22.5 Å². The minimum atomic E-state index is -0.696. The Bertz CT molecular complexity index is 415. The molecule has 0 aromatic heterocycles. The topological polar surface area (TPSA) is 63.4 Å². The fourth-order valence-electron chi connectivity index (χ4n) is 1.53. The zero-order valence-corrected chi connectivity index (χ0v) is 9.53. The quantitative estimate of drug-likeness (QED) is 0.679. The van der Waals surface area contributed by atoms with Gasteiger partial charge < -0.3 is 5.11 Å². The second kappa shape index (κ2) is 3.57. The van der Waals surface area contributed by atoms with Crippen LogP contribution in [0.3, 0.4) is 0 Å². The molecule has 1 aliphatic rings. The third-order valence-corrected chi connectivity index (χ3v) is 3.08. The summed E-state index contributed by atoms with van der Waals surface area (Å²) in [7, 11) is 0. The number of hydrogen-bond donors (Lipinski definition) is 1. The Morgan fingerprint density at radius 3 is 2.73 bits per heavy atom. The van der Waals surface area contributed by atoms with Crippen molar-refractivity contribution in [3.05, 3.63) is 38.3 Å². The first-order chi connectivity index (χ1) is 7.00. The summed E-state index contributed by atoms with van der Waals surface area (Å²) in [4.78, 5) is 10.4. The fraction of sp³-hybridized carbons (Fsp3) is 0.400. The van der Waals surface area contributed by atoms with Crippen LogP contribution in [0.25, 0.3) is 0 Å². The van der Waals surface area contributed by atoms with Gasteiger partial charge in [0.1, 0.15) is 0 Å². The van der Waals surface area contributed by atoms with Gasteiger partial charge in [0.15, 0.2) is 0 Å². The first-order valence-electron chi connectivity index (χ1n) is 4.65. The van der Waals surface area contributed by atoms with Crippen molar-refractivity contribution in [3.63, 3.8) is 0 Å². The largest absolute Gasteiger partial charge is 0.390 e. The summed E-state index contributed by atoms with van der Waals surface area (Å²) in [5.74, 6) is 0. The SMILES string of the molecule is O=[N+]([O-])c1cc(Br)ccc1CC1(O)CC1. The van der Waals surface area contributed by atoms with Crippen molar-refractivity contribution < 1.29 is 10.0 Å². The summed E-state index contributed by atoms with van der Waals surface area (Å²) in [5, 5.41) is 20.5. The summed E-state index contributed by atoms with van der Waals surface area (Å²) < 4.78 is 0.681. The van der Waals surface area contributed by atoms with Gasteiger partial charge in [-0.2, -0.15) is 0 Å². The van der Waals surface area contributed by atoms with E-state index in [0.29, 0.717) is 16.5 Å². The maximum atomic E-state index is 10.8. The van der Waals surface area contributed by atoms with Gasteiger partial charge >= 0.3 is 0 Å². The number of nitro groups is 1. The summed E-state index contributed by atoms with van der Waals surface area (Å²) in [6, 6.07) is 4.92. The Morgan fingerprint density at radius 2 is 2.20 bits per heavy atom. The molecule has 0 spiro atoms. The highest BCUT2D eigenvalue weighted by molar-refractivity contribution is 9.10. The van der Waals surface area contributed by atoms with Crippen molar-refractivity contribution in [2.45, 2.75) is 24.9 Å². The molecule has 0 bridgehead atoms. The lowest BCUT2D eigenvalue weighted by Gasteiger charge is -2.07. The molecule has 0 amide bonds. The third-order valence-electron chi connectivity index (χ3n) is 2.59. The first-order valence-corrected chi connectivity index (χ1v) is 5.45. The monoisotopic (exact) mass is 271 g/mol. The summed E-state index contributed by atoms with van der Waals surface area (Å²) in [6.45, 7) is 0. The number of aliphatic hydroxyl groups is 1. The van der Waals surface area contributed by atoms with Gasteiger partial charge in [-0.3, -0.25) is 10.1 Å². The van der Waals surface area contributed by atoms with Gasteiger partial charge in [0.25, 0.3) is 5.69 Å². The number of hydrogen-bond acceptors (Lipinski definition) is 3. The van der Waals surface area contributed by atoms with E-state index in [2.05, 4.69) is 15.9 Å². The molecule has 0 saturated heterocycles. The van der Waals surface area contributed by atoms with Gasteiger partial charge in [-0.05, 0) is 18.9 Å². The molecular formula is C10H10BrNO3.